The molecule has 8 nitrogen and oxygen atoms in total. The van der Waals surface area contributed by atoms with Gasteiger partial charge >= 0.3 is 11.9 Å². The van der Waals surface area contributed by atoms with Gasteiger partial charge in [0.05, 0.1) is 17.6 Å². The van der Waals surface area contributed by atoms with Crippen LogP contribution in [0.15, 0.2) is 18.2 Å². The predicted octanol–water partition coefficient (Wildman–Crippen LogP) is 2.67. The molecule has 1 N–H and O–H groups in total. The van der Waals surface area contributed by atoms with E-state index in [1.165, 1.54) is 32.2 Å². The molecule has 2 rings (SSSR count). The van der Waals surface area contributed by atoms with Crippen LogP contribution < -0.4 is 5.32 Å². The van der Waals surface area contributed by atoms with Crippen LogP contribution >= 0.6 is 0 Å². The monoisotopic (exact) mass is 336 g/mol. The Morgan fingerprint density at radius 3 is 2.46 bits per heavy atom. The van der Waals surface area contributed by atoms with E-state index >= 15 is 0 Å². The molecule has 0 radical (unpaired) electrons. The van der Waals surface area contributed by atoms with Gasteiger partial charge in [-0.1, -0.05) is 0 Å². The Kier molecular flexibility index (Phi) is 5.73. The number of nitro benzene ring substituents is 1. The Balaban J connectivity index is 2.08. The van der Waals surface area contributed by atoms with Gasteiger partial charge in [0, 0.05) is 30.8 Å². The number of hydrogen-bond acceptors (Lipinski definition) is 7. The molecule has 0 heterocycles. The molecule has 130 valence electrons. The molecule has 0 aromatic heterocycles. The van der Waals surface area contributed by atoms with E-state index in [9.17, 15) is 19.7 Å². The molecule has 8 heteroatoms. The number of carbonyl (C=O) groups excluding carboxylic acids is 2. The fourth-order valence-electron chi connectivity index (χ4n) is 2.83. The van der Waals surface area contributed by atoms with Crippen LogP contribution in [-0.2, 0) is 14.3 Å². The average Bonchev–Trinajstić information content (AvgIpc) is 2.55. The summed E-state index contributed by atoms with van der Waals surface area (Å²) in [5.41, 5.74) is 0.469. The van der Waals surface area contributed by atoms with Gasteiger partial charge in [-0.2, -0.15) is 0 Å². The van der Waals surface area contributed by atoms with E-state index in [4.69, 9.17) is 9.47 Å². The van der Waals surface area contributed by atoms with Gasteiger partial charge in [-0.25, -0.2) is 4.79 Å². The molecule has 1 saturated carbocycles. The van der Waals surface area contributed by atoms with Gasteiger partial charge in [0.15, 0.2) is 0 Å². The number of nitrogens with zero attached hydrogens (tertiary/aromatic N) is 1. The second kappa shape index (κ2) is 7.76. The highest BCUT2D eigenvalue weighted by atomic mass is 16.6. The lowest BCUT2D eigenvalue weighted by molar-refractivity contribution is -0.384. The van der Waals surface area contributed by atoms with Crippen molar-refractivity contribution in [3.63, 3.8) is 0 Å². The van der Waals surface area contributed by atoms with Crippen molar-refractivity contribution in [1.29, 1.82) is 0 Å². The average molecular weight is 336 g/mol. The summed E-state index contributed by atoms with van der Waals surface area (Å²) in [6, 6.07) is 4.17. The first-order valence-electron chi connectivity index (χ1n) is 7.71. The molecule has 1 aromatic rings. The zero-order valence-electron chi connectivity index (χ0n) is 13.6. The van der Waals surface area contributed by atoms with Gasteiger partial charge in [-0.15, -0.1) is 0 Å². The maximum absolute atomic E-state index is 11.9. The molecule has 1 aromatic carbocycles. The zero-order chi connectivity index (χ0) is 17.7. The van der Waals surface area contributed by atoms with Crippen molar-refractivity contribution in [2.24, 2.45) is 0 Å². The van der Waals surface area contributed by atoms with E-state index in [-0.39, 0.29) is 29.4 Å². The van der Waals surface area contributed by atoms with Crippen LogP contribution in [0.5, 0.6) is 0 Å². The number of carbonyl (C=O) groups is 2. The van der Waals surface area contributed by atoms with E-state index in [2.05, 4.69) is 5.32 Å². The Morgan fingerprint density at radius 1 is 1.25 bits per heavy atom. The molecule has 1 aliphatic carbocycles. The minimum absolute atomic E-state index is 0.0718. The second-order valence-electron chi connectivity index (χ2n) is 5.71. The van der Waals surface area contributed by atoms with Crippen LogP contribution in [0, 0.1) is 10.1 Å². The highest BCUT2D eigenvalue weighted by molar-refractivity contribution is 5.96. The third kappa shape index (κ3) is 4.43. The Hall–Kier alpha value is -2.64. The SMILES string of the molecule is COC(=O)c1cc([N+](=O)[O-])ccc1N[C@H]1CC[C@@H](OC(C)=O)CC1. The van der Waals surface area contributed by atoms with Crippen molar-refractivity contribution >= 4 is 23.3 Å². The quantitative estimate of drug-likeness (QED) is 0.500. The van der Waals surface area contributed by atoms with E-state index in [0.717, 1.165) is 25.7 Å². The first kappa shape index (κ1) is 17.7. The molecule has 0 saturated heterocycles. The van der Waals surface area contributed by atoms with Gasteiger partial charge < -0.3 is 14.8 Å². The first-order valence-corrected chi connectivity index (χ1v) is 7.71. The topological polar surface area (TPSA) is 108 Å². The molecular weight excluding hydrogens is 316 g/mol. The Bertz CT molecular complexity index is 637. The van der Waals surface area contributed by atoms with Gasteiger partial charge in [0.25, 0.3) is 5.69 Å². The molecule has 0 aliphatic heterocycles. The predicted molar refractivity (Wildman–Crippen MR) is 85.9 cm³/mol. The lowest BCUT2D eigenvalue weighted by Gasteiger charge is -2.29. The van der Waals surface area contributed by atoms with Crippen molar-refractivity contribution < 1.29 is 24.0 Å². The molecule has 0 amide bonds. The summed E-state index contributed by atoms with van der Waals surface area (Å²) < 4.78 is 9.90. The Labute approximate surface area is 139 Å². The van der Waals surface area contributed by atoms with Crippen molar-refractivity contribution in [3.05, 3.63) is 33.9 Å². The third-order valence-corrected chi connectivity index (χ3v) is 3.99. The largest absolute Gasteiger partial charge is 0.465 e. The highest BCUT2D eigenvalue weighted by Crippen LogP contribution is 2.28. The summed E-state index contributed by atoms with van der Waals surface area (Å²) in [5.74, 6) is -0.912. The van der Waals surface area contributed by atoms with Gasteiger partial charge in [-0.05, 0) is 31.7 Å². The number of nitro groups is 1. The van der Waals surface area contributed by atoms with E-state index in [1.54, 1.807) is 0 Å². The summed E-state index contributed by atoms with van der Waals surface area (Å²) in [7, 11) is 1.23. The van der Waals surface area contributed by atoms with Crippen molar-refractivity contribution in [1.82, 2.24) is 0 Å². The van der Waals surface area contributed by atoms with E-state index in [1.807, 2.05) is 0 Å². The number of ether oxygens (including phenoxy) is 2. The molecule has 1 aliphatic rings. The zero-order valence-corrected chi connectivity index (χ0v) is 13.6. The van der Waals surface area contributed by atoms with Crippen LogP contribution in [0.25, 0.3) is 0 Å². The summed E-state index contributed by atoms with van der Waals surface area (Å²) >= 11 is 0. The number of non-ortho nitro benzene ring substituents is 1. The summed E-state index contributed by atoms with van der Waals surface area (Å²) in [6.45, 7) is 1.39. The van der Waals surface area contributed by atoms with E-state index in [0.29, 0.717) is 5.69 Å². The highest BCUT2D eigenvalue weighted by Gasteiger charge is 2.25. The summed E-state index contributed by atoms with van der Waals surface area (Å²) in [4.78, 5) is 33.2. The molecule has 24 heavy (non-hydrogen) atoms. The van der Waals surface area contributed by atoms with Crippen molar-refractivity contribution in [2.75, 3.05) is 12.4 Å². The van der Waals surface area contributed by atoms with Crippen molar-refractivity contribution in [2.45, 2.75) is 44.8 Å². The van der Waals surface area contributed by atoms with Crippen LogP contribution in [0.4, 0.5) is 11.4 Å². The molecular formula is C16H20N2O6. The molecule has 1 fully saturated rings. The molecule has 0 atom stereocenters. The number of esters is 2. The number of nitrogens with one attached hydrogen (secondary N) is 1. The normalized spacial score (nSPS) is 20.1. The smallest absolute Gasteiger partial charge is 0.340 e. The third-order valence-electron chi connectivity index (χ3n) is 3.99. The van der Waals surface area contributed by atoms with Crippen LogP contribution in [0.2, 0.25) is 0 Å². The Morgan fingerprint density at radius 2 is 1.92 bits per heavy atom. The lowest BCUT2D eigenvalue weighted by Crippen LogP contribution is -2.31. The van der Waals surface area contributed by atoms with Gasteiger partial charge in [-0.3, -0.25) is 14.9 Å². The van der Waals surface area contributed by atoms with Crippen molar-refractivity contribution in [3.8, 4) is 0 Å². The van der Waals surface area contributed by atoms with Crippen LogP contribution in [0.1, 0.15) is 43.0 Å². The minimum atomic E-state index is -0.630. The summed E-state index contributed by atoms with van der Waals surface area (Å²) in [5, 5.41) is 14.1. The second-order valence-corrected chi connectivity index (χ2v) is 5.71. The number of methoxy groups -OCH3 is 1. The molecule has 0 unspecified atom stereocenters. The number of hydrogen-bond donors (Lipinski definition) is 1. The van der Waals surface area contributed by atoms with Gasteiger partial charge in [0.1, 0.15) is 6.10 Å². The lowest BCUT2D eigenvalue weighted by atomic mass is 9.92. The number of benzene rings is 1. The van der Waals surface area contributed by atoms with E-state index < -0.39 is 10.9 Å². The number of rotatable bonds is 5. The minimum Gasteiger partial charge on any atom is -0.465 e. The van der Waals surface area contributed by atoms with Crippen LogP contribution in [0.3, 0.4) is 0 Å². The van der Waals surface area contributed by atoms with Gasteiger partial charge in [0.2, 0.25) is 0 Å². The first-order chi connectivity index (χ1) is 11.4. The standard InChI is InChI=1S/C16H20N2O6/c1-10(19)24-13-6-3-11(4-7-13)17-15-8-5-12(18(21)22)9-14(15)16(20)23-2/h5,8-9,11,13,17H,3-4,6-7H2,1-2H3/t11-,13+. The molecule has 0 spiro atoms. The van der Waals surface area contributed by atoms with Crippen LogP contribution in [-0.4, -0.2) is 36.1 Å². The number of anilines is 1. The molecule has 0 bridgehead atoms. The summed E-state index contributed by atoms with van der Waals surface area (Å²) in [6.07, 6.45) is 2.94. The maximum atomic E-state index is 11.9. The maximum Gasteiger partial charge on any atom is 0.340 e. The fourth-order valence-corrected chi connectivity index (χ4v) is 2.83. The fraction of sp³-hybridized carbons (Fsp3) is 0.500.